The lowest BCUT2D eigenvalue weighted by Crippen LogP contribution is -2.30. The van der Waals surface area contributed by atoms with Gasteiger partial charge in [0.1, 0.15) is 5.52 Å². The first-order chi connectivity index (χ1) is 9.70. The van der Waals surface area contributed by atoms with Gasteiger partial charge in [0.2, 0.25) is 5.28 Å². The number of halogens is 1. The molecule has 5 nitrogen and oxygen atoms in total. The van der Waals surface area contributed by atoms with Crippen molar-refractivity contribution < 1.29 is 0 Å². The Morgan fingerprint density at radius 1 is 1.35 bits per heavy atom. The molecule has 2 fully saturated rings. The fourth-order valence-corrected chi connectivity index (χ4v) is 4.30. The van der Waals surface area contributed by atoms with E-state index in [0.717, 1.165) is 29.1 Å². The summed E-state index contributed by atoms with van der Waals surface area (Å²) in [6.07, 6.45) is 7.22. The van der Waals surface area contributed by atoms with Crippen LogP contribution in [-0.4, -0.2) is 26.0 Å². The van der Waals surface area contributed by atoms with Gasteiger partial charge in [-0.2, -0.15) is 9.97 Å². The normalized spacial score (nSPS) is 30.0. The predicted octanol–water partition coefficient (Wildman–Crippen LogP) is 3.24. The van der Waals surface area contributed by atoms with Gasteiger partial charge in [0.25, 0.3) is 0 Å². The molecule has 0 aromatic carbocycles. The summed E-state index contributed by atoms with van der Waals surface area (Å²) in [5, 5.41) is 3.77. The van der Waals surface area contributed by atoms with E-state index in [-0.39, 0.29) is 5.28 Å². The van der Waals surface area contributed by atoms with E-state index >= 15 is 0 Å². The van der Waals surface area contributed by atoms with Crippen LogP contribution < -0.4 is 5.32 Å². The van der Waals surface area contributed by atoms with E-state index < -0.39 is 0 Å². The van der Waals surface area contributed by atoms with Crippen LogP contribution in [-0.2, 0) is 0 Å². The Kier molecular flexibility index (Phi) is 2.84. The molecule has 4 unspecified atom stereocenters. The maximum absolute atomic E-state index is 5.97. The first kappa shape index (κ1) is 12.4. The Morgan fingerprint density at radius 2 is 2.25 bits per heavy atom. The van der Waals surface area contributed by atoms with Crippen LogP contribution in [0.3, 0.4) is 0 Å². The SMILES string of the molecule is CC(Nc1nc(Cl)nc2nc[nH]c12)C1CC2CCC1C2. The average molecular weight is 292 g/mol. The van der Waals surface area contributed by atoms with E-state index in [1.165, 1.54) is 25.7 Å². The monoisotopic (exact) mass is 291 g/mol. The molecule has 20 heavy (non-hydrogen) atoms. The van der Waals surface area contributed by atoms with Crippen molar-refractivity contribution in [3.8, 4) is 0 Å². The Hall–Kier alpha value is -1.36. The third-order valence-electron chi connectivity index (χ3n) is 5.06. The Balaban J connectivity index is 1.59. The summed E-state index contributed by atoms with van der Waals surface area (Å²) < 4.78 is 0. The van der Waals surface area contributed by atoms with Crippen molar-refractivity contribution in [3.05, 3.63) is 11.6 Å². The summed E-state index contributed by atoms with van der Waals surface area (Å²) in [7, 11) is 0. The topological polar surface area (TPSA) is 66.5 Å². The van der Waals surface area contributed by atoms with Crippen LogP contribution >= 0.6 is 11.6 Å². The number of anilines is 1. The number of fused-ring (bicyclic) bond motifs is 3. The minimum absolute atomic E-state index is 0.243. The van der Waals surface area contributed by atoms with Crippen LogP contribution in [0.25, 0.3) is 11.2 Å². The van der Waals surface area contributed by atoms with Gasteiger partial charge in [0.05, 0.1) is 6.33 Å². The number of imidazole rings is 1. The van der Waals surface area contributed by atoms with E-state index in [2.05, 4.69) is 32.2 Å². The van der Waals surface area contributed by atoms with Gasteiger partial charge < -0.3 is 10.3 Å². The predicted molar refractivity (Wildman–Crippen MR) is 78.7 cm³/mol. The average Bonchev–Trinajstić information content (AvgIpc) is 3.13. The zero-order valence-corrected chi connectivity index (χ0v) is 12.2. The minimum Gasteiger partial charge on any atom is -0.365 e. The van der Waals surface area contributed by atoms with Crippen molar-refractivity contribution in [2.24, 2.45) is 17.8 Å². The summed E-state index contributed by atoms with van der Waals surface area (Å²) in [4.78, 5) is 15.7. The second-order valence-corrected chi connectivity index (χ2v) is 6.55. The van der Waals surface area contributed by atoms with Crippen LogP contribution in [0.15, 0.2) is 6.33 Å². The van der Waals surface area contributed by atoms with Crippen LogP contribution in [0.4, 0.5) is 5.82 Å². The van der Waals surface area contributed by atoms with Gasteiger partial charge in [-0.05, 0) is 55.5 Å². The molecule has 0 amide bonds. The van der Waals surface area contributed by atoms with Crippen LogP contribution in [0, 0.1) is 17.8 Å². The number of aromatic nitrogens is 4. The molecule has 2 aromatic rings. The number of hydrogen-bond donors (Lipinski definition) is 2. The molecule has 0 spiro atoms. The lowest BCUT2D eigenvalue weighted by molar-refractivity contribution is 0.304. The van der Waals surface area contributed by atoms with Gasteiger partial charge in [-0.15, -0.1) is 0 Å². The minimum atomic E-state index is 0.243. The van der Waals surface area contributed by atoms with Gasteiger partial charge in [-0.3, -0.25) is 0 Å². The fraction of sp³-hybridized carbons (Fsp3) is 0.643. The van der Waals surface area contributed by atoms with E-state index in [0.29, 0.717) is 11.7 Å². The van der Waals surface area contributed by atoms with Crippen molar-refractivity contribution in [3.63, 3.8) is 0 Å². The largest absolute Gasteiger partial charge is 0.365 e. The summed E-state index contributed by atoms with van der Waals surface area (Å²) in [6.45, 7) is 2.25. The molecule has 106 valence electrons. The fourth-order valence-electron chi connectivity index (χ4n) is 4.14. The quantitative estimate of drug-likeness (QED) is 0.852. The van der Waals surface area contributed by atoms with E-state index in [9.17, 15) is 0 Å². The van der Waals surface area contributed by atoms with Crippen molar-refractivity contribution in [1.82, 2.24) is 19.9 Å². The number of H-pyrrole nitrogens is 1. The first-order valence-electron chi connectivity index (χ1n) is 7.34. The van der Waals surface area contributed by atoms with Crippen molar-refractivity contribution in [1.29, 1.82) is 0 Å². The van der Waals surface area contributed by atoms with Gasteiger partial charge in [-0.25, -0.2) is 4.98 Å². The van der Waals surface area contributed by atoms with E-state index in [1.54, 1.807) is 6.33 Å². The molecule has 0 aliphatic heterocycles. The molecule has 2 aliphatic carbocycles. The van der Waals surface area contributed by atoms with E-state index in [4.69, 9.17) is 11.6 Å². The number of nitrogens with zero attached hydrogens (tertiary/aromatic N) is 3. The molecule has 2 bridgehead atoms. The lowest BCUT2D eigenvalue weighted by Gasteiger charge is -2.28. The number of aromatic amines is 1. The highest BCUT2D eigenvalue weighted by molar-refractivity contribution is 6.28. The van der Waals surface area contributed by atoms with Gasteiger partial charge in [0.15, 0.2) is 11.5 Å². The Bertz CT molecular complexity index is 640. The smallest absolute Gasteiger partial charge is 0.226 e. The summed E-state index contributed by atoms with van der Waals surface area (Å²) in [5.74, 6) is 3.36. The third kappa shape index (κ3) is 1.95. The van der Waals surface area contributed by atoms with E-state index in [1.807, 2.05) is 0 Å². The highest BCUT2D eigenvalue weighted by Gasteiger charge is 2.41. The standard InChI is InChI=1S/C14H18ClN5/c1-7(10-5-8-2-3-9(10)4-8)18-13-11-12(17-6-16-11)19-14(15)20-13/h6-10H,2-5H2,1H3,(H2,16,17,18,19,20). The van der Waals surface area contributed by atoms with Crippen molar-refractivity contribution >= 4 is 28.6 Å². The molecular formula is C14H18ClN5. The molecule has 2 saturated carbocycles. The number of hydrogen-bond acceptors (Lipinski definition) is 4. The second-order valence-electron chi connectivity index (χ2n) is 6.21. The molecule has 0 radical (unpaired) electrons. The molecule has 2 aliphatic rings. The number of nitrogens with one attached hydrogen (secondary N) is 2. The highest BCUT2D eigenvalue weighted by Crippen LogP contribution is 2.49. The molecule has 4 atom stereocenters. The maximum atomic E-state index is 5.97. The van der Waals surface area contributed by atoms with Gasteiger partial charge >= 0.3 is 0 Å². The maximum Gasteiger partial charge on any atom is 0.226 e. The molecule has 2 aromatic heterocycles. The lowest BCUT2D eigenvalue weighted by atomic mass is 9.84. The van der Waals surface area contributed by atoms with Gasteiger partial charge in [-0.1, -0.05) is 6.42 Å². The van der Waals surface area contributed by atoms with Crippen LogP contribution in [0.5, 0.6) is 0 Å². The highest BCUT2D eigenvalue weighted by atomic mass is 35.5. The molecule has 4 rings (SSSR count). The zero-order chi connectivity index (χ0) is 13.7. The molecule has 2 heterocycles. The third-order valence-corrected chi connectivity index (χ3v) is 5.23. The zero-order valence-electron chi connectivity index (χ0n) is 11.4. The molecule has 6 heteroatoms. The second kappa shape index (κ2) is 4.58. The summed E-state index contributed by atoms with van der Waals surface area (Å²) in [5.41, 5.74) is 1.46. The molecule has 0 saturated heterocycles. The Labute approximate surface area is 122 Å². The van der Waals surface area contributed by atoms with Gasteiger partial charge in [0, 0.05) is 6.04 Å². The number of rotatable bonds is 3. The summed E-state index contributed by atoms with van der Waals surface area (Å²) in [6, 6.07) is 0.405. The summed E-state index contributed by atoms with van der Waals surface area (Å²) >= 11 is 5.97. The van der Waals surface area contributed by atoms with Crippen molar-refractivity contribution in [2.45, 2.75) is 38.6 Å². The molecule has 2 N–H and O–H groups in total. The van der Waals surface area contributed by atoms with Crippen LogP contribution in [0.1, 0.15) is 32.6 Å². The van der Waals surface area contributed by atoms with Crippen molar-refractivity contribution in [2.75, 3.05) is 5.32 Å². The first-order valence-corrected chi connectivity index (χ1v) is 7.71. The Morgan fingerprint density at radius 3 is 3.00 bits per heavy atom. The van der Waals surface area contributed by atoms with Crippen LogP contribution in [0.2, 0.25) is 5.28 Å². The molecular weight excluding hydrogens is 274 g/mol.